The third-order valence-electron chi connectivity index (χ3n) is 1.05. The van der Waals surface area contributed by atoms with Gasteiger partial charge in [-0.3, -0.25) is 4.79 Å². The van der Waals surface area contributed by atoms with Gasteiger partial charge in [-0.15, -0.1) is 23.1 Å². The van der Waals surface area contributed by atoms with Crippen molar-refractivity contribution in [3.8, 4) is 0 Å². The molecule has 0 spiro atoms. The minimum Gasteiger partial charge on any atom is -0.481 e. The molecule has 0 aromatic carbocycles. The van der Waals surface area contributed by atoms with Crippen molar-refractivity contribution in [2.75, 3.05) is 5.75 Å². The number of rotatable bonds is 4. The van der Waals surface area contributed by atoms with E-state index in [-0.39, 0.29) is 5.75 Å². The molecule has 0 aliphatic rings. The van der Waals surface area contributed by atoms with Crippen molar-refractivity contribution >= 4 is 29.1 Å². The summed E-state index contributed by atoms with van der Waals surface area (Å²) in [5.74, 6) is 0.258. The van der Waals surface area contributed by atoms with Crippen molar-refractivity contribution < 1.29 is 9.90 Å². The Bertz CT molecular complexity index is 218. The van der Waals surface area contributed by atoms with E-state index in [4.69, 9.17) is 5.11 Å². The van der Waals surface area contributed by atoms with Crippen molar-refractivity contribution in [3.05, 3.63) is 22.4 Å². The smallest absolute Gasteiger partial charge is 0.313 e. The van der Waals surface area contributed by atoms with E-state index in [9.17, 15) is 4.79 Å². The predicted octanol–water partition coefficient (Wildman–Crippen LogP) is 2.07. The van der Waals surface area contributed by atoms with Crippen LogP contribution in [0.1, 0.15) is 4.88 Å². The number of aliphatic carboxylic acids is 1. The van der Waals surface area contributed by atoms with Gasteiger partial charge in [0.25, 0.3) is 0 Å². The van der Waals surface area contributed by atoms with E-state index in [0.29, 0.717) is 0 Å². The maximum atomic E-state index is 10.1. The van der Waals surface area contributed by atoms with E-state index < -0.39 is 5.97 Å². The number of carbonyl (C=O) groups is 1. The molecule has 0 fully saturated rings. The van der Waals surface area contributed by atoms with Gasteiger partial charge in [0.15, 0.2) is 0 Å². The molecule has 0 aliphatic carbocycles. The Morgan fingerprint density at radius 2 is 2.55 bits per heavy atom. The van der Waals surface area contributed by atoms with Crippen LogP contribution in [-0.4, -0.2) is 16.8 Å². The molecule has 11 heavy (non-hydrogen) atoms. The standard InChI is InChI=1S/C7H8O2S2/c8-7(9)5-10-4-6-2-1-3-11-6/h1-3H,4-5H2,(H,8,9). The molecule has 60 valence electrons. The van der Waals surface area contributed by atoms with Gasteiger partial charge in [-0.2, -0.15) is 0 Å². The predicted molar refractivity (Wildman–Crippen MR) is 48.1 cm³/mol. The quantitative estimate of drug-likeness (QED) is 0.786. The van der Waals surface area contributed by atoms with Crippen molar-refractivity contribution in [3.63, 3.8) is 0 Å². The van der Waals surface area contributed by atoms with Gasteiger partial charge in [-0.05, 0) is 11.4 Å². The number of hydrogen-bond acceptors (Lipinski definition) is 3. The Balaban J connectivity index is 2.19. The molecule has 1 heterocycles. The molecular formula is C7H8O2S2. The summed E-state index contributed by atoms with van der Waals surface area (Å²) < 4.78 is 0. The fraction of sp³-hybridized carbons (Fsp3) is 0.286. The summed E-state index contributed by atoms with van der Waals surface area (Å²) in [6.07, 6.45) is 0. The summed E-state index contributed by atoms with van der Waals surface area (Å²) in [7, 11) is 0. The molecule has 1 aromatic rings. The zero-order valence-electron chi connectivity index (χ0n) is 5.82. The van der Waals surface area contributed by atoms with Crippen molar-refractivity contribution in [1.82, 2.24) is 0 Å². The third-order valence-corrected chi connectivity index (χ3v) is 3.08. The first-order chi connectivity index (χ1) is 5.29. The fourth-order valence-electron chi connectivity index (χ4n) is 0.634. The molecule has 0 radical (unpaired) electrons. The zero-order valence-corrected chi connectivity index (χ0v) is 7.45. The summed E-state index contributed by atoms with van der Waals surface area (Å²) in [6, 6.07) is 3.99. The minimum atomic E-state index is -0.744. The number of hydrogen-bond donors (Lipinski definition) is 1. The van der Waals surface area contributed by atoms with Crippen LogP contribution >= 0.6 is 23.1 Å². The second kappa shape index (κ2) is 4.41. The van der Waals surface area contributed by atoms with Crippen molar-refractivity contribution in [1.29, 1.82) is 0 Å². The van der Waals surface area contributed by atoms with Gasteiger partial charge in [0.05, 0.1) is 5.75 Å². The maximum absolute atomic E-state index is 10.1. The van der Waals surface area contributed by atoms with E-state index in [1.807, 2.05) is 17.5 Å². The van der Waals surface area contributed by atoms with E-state index in [1.165, 1.54) is 16.6 Å². The van der Waals surface area contributed by atoms with E-state index in [0.717, 1.165) is 5.75 Å². The van der Waals surface area contributed by atoms with Crippen LogP contribution in [0.2, 0.25) is 0 Å². The SMILES string of the molecule is O=C(O)CSCc1cccs1. The molecule has 1 aromatic heterocycles. The molecule has 2 nitrogen and oxygen atoms in total. The second-order valence-corrected chi connectivity index (χ2v) is 3.98. The molecule has 0 saturated heterocycles. The Labute approximate surface area is 73.2 Å². The monoisotopic (exact) mass is 188 g/mol. The summed E-state index contributed by atoms with van der Waals surface area (Å²) in [5.41, 5.74) is 0. The van der Waals surface area contributed by atoms with E-state index in [2.05, 4.69) is 0 Å². The molecule has 4 heteroatoms. The van der Waals surface area contributed by atoms with Crippen LogP contribution in [0.5, 0.6) is 0 Å². The van der Waals surface area contributed by atoms with Gasteiger partial charge in [0, 0.05) is 10.6 Å². The molecule has 0 saturated carbocycles. The molecule has 0 aliphatic heterocycles. The minimum absolute atomic E-state index is 0.192. The fourth-order valence-corrected chi connectivity index (χ4v) is 2.22. The van der Waals surface area contributed by atoms with E-state index >= 15 is 0 Å². The van der Waals surface area contributed by atoms with Crippen LogP contribution in [0, 0.1) is 0 Å². The first-order valence-corrected chi connectivity index (χ1v) is 5.14. The molecule has 0 atom stereocenters. The van der Waals surface area contributed by atoms with Crippen LogP contribution in [-0.2, 0) is 10.5 Å². The van der Waals surface area contributed by atoms with Crippen LogP contribution in [0.25, 0.3) is 0 Å². The lowest BCUT2D eigenvalue weighted by Crippen LogP contribution is -1.97. The lowest BCUT2D eigenvalue weighted by molar-refractivity contribution is -0.133. The Morgan fingerprint density at radius 1 is 1.73 bits per heavy atom. The van der Waals surface area contributed by atoms with Crippen LogP contribution < -0.4 is 0 Å². The second-order valence-electron chi connectivity index (χ2n) is 1.97. The summed E-state index contributed by atoms with van der Waals surface area (Å²) in [4.78, 5) is 11.3. The highest BCUT2D eigenvalue weighted by Gasteiger charge is 1.97. The first kappa shape index (κ1) is 8.62. The molecule has 0 unspecified atom stereocenters. The summed E-state index contributed by atoms with van der Waals surface area (Å²) in [5, 5.41) is 10.3. The van der Waals surface area contributed by atoms with Gasteiger partial charge in [0.2, 0.25) is 0 Å². The molecule has 0 bridgehead atoms. The van der Waals surface area contributed by atoms with Crippen LogP contribution in [0.3, 0.4) is 0 Å². The summed E-state index contributed by atoms with van der Waals surface area (Å²) in [6.45, 7) is 0. The number of thiophene rings is 1. The first-order valence-electron chi connectivity index (χ1n) is 3.11. The maximum Gasteiger partial charge on any atom is 0.313 e. The number of thioether (sulfide) groups is 1. The molecular weight excluding hydrogens is 180 g/mol. The van der Waals surface area contributed by atoms with Crippen LogP contribution in [0.4, 0.5) is 0 Å². The Kier molecular flexibility index (Phi) is 3.45. The van der Waals surface area contributed by atoms with E-state index in [1.54, 1.807) is 11.3 Å². The average Bonchev–Trinajstić information content (AvgIpc) is 2.39. The third kappa shape index (κ3) is 3.43. The lowest BCUT2D eigenvalue weighted by atomic mass is 10.5. The van der Waals surface area contributed by atoms with Crippen molar-refractivity contribution in [2.24, 2.45) is 0 Å². The van der Waals surface area contributed by atoms with Crippen molar-refractivity contribution in [2.45, 2.75) is 5.75 Å². The molecule has 1 N–H and O–H groups in total. The summed E-state index contributed by atoms with van der Waals surface area (Å²) >= 11 is 3.09. The Hall–Kier alpha value is -0.480. The van der Waals surface area contributed by atoms with Gasteiger partial charge in [-0.1, -0.05) is 6.07 Å². The highest BCUT2D eigenvalue weighted by molar-refractivity contribution is 7.99. The highest BCUT2D eigenvalue weighted by Crippen LogP contribution is 2.16. The van der Waals surface area contributed by atoms with Gasteiger partial charge >= 0.3 is 5.97 Å². The average molecular weight is 188 g/mol. The molecule has 0 amide bonds. The largest absolute Gasteiger partial charge is 0.481 e. The van der Waals surface area contributed by atoms with Gasteiger partial charge in [-0.25, -0.2) is 0 Å². The topological polar surface area (TPSA) is 37.3 Å². The highest BCUT2D eigenvalue weighted by atomic mass is 32.2. The molecule has 1 rings (SSSR count). The van der Waals surface area contributed by atoms with Gasteiger partial charge < -0.3 is 5.11 Å². The zero-order chi connectivity index (χ0) is 8.10. The van der Waals surface area contributed by atoms with Gasteiger partial charge in [0.1, 0.15) is 0 Å². The number of carboxylic acids is 1. The normalized spacial score (nSPS) is 9.82. The Morgan fingerprint density at radius 3 is 3.09 bits per heavy atom. The van der Waals surface area contributed by atoms with Crippen LogP contribution in [0.15, 0.2) is 17.5 Å². The lowest BCUT2D eigenvalue weighted by Gasteiger charge is -1.92. The number of carboxylic acid groups (broad SMARTS) is 1.